The molecule has 0 bridgehead atoms. The lowest BCUT2D eigenvalue weighted by Gasteiger charge is -2.20. The highest BCUT2D eigenvalue weighted by Gasteiger charge is 2.15. The monoisotopic (exact) mass is 373 g/mol. The number of halogens is 1. The van der Waals surface area contributed by atoms with E-state index < -0.39 is 0 Å². The van der Waals surface area contributed by atoms with E-state index in [-0.39, 0.29) is 18.1 Å². The van der Waals surface area contributed by atoms with Crippen LogP contribution in [0.3, 0.4) is 0 Å². The third kappa shape index (κ3) is 4.95. The SMILES string of the molecule is CC(C)(C)NC(=O)COc1c(N)cc(C#N)cc1I. The second-order valence-corrected chi connectivity index (χ2v) is 6.24. The van der Waals surface area contributed by atoms with Gasteiger partial charge in [0.25, 0.3) is 5.91 Å². The van der Waals surface area contributed by atoms with E-state index in [0.717, 1.165) is 0 Å². The van der Waals surface area contributed by atoms with Crippen LogP contribution in [0.4, 0.5) is 5.69 Å². The average molecular weight is 373 g/mol. The number of nitrogens with zero attached hydrogens (tertiary/aromatic N) is 1. The molecule has 1 amide bonds. The van der Waals surface area contributed by atoms with Gasteiger partial charge >= 0.3 is 0 Å². The normalized spacial score (nSPS) is 10.7. The van der Waals surface area contributed by atoms with E-state index in [1.165, 1.54) is 6.07 Å². The molecule has 3 N–H and O–H groups in total. The summed E-state index contributed by atoms with van der Waals surface area (Å²) in [6.45, 7) is 5.57. The summed E-state index contributed by atoms with van der Waals surface area (Å²) < 4.78 is 6.13. The highest BCUT2D eigenvalue weighted by atomic mass is 127. The van der Waals surface area contributed by atoms with Crippen LogP contribution in [0.1, 0.15) is 26.3 Å². The van der Waals surface area contributed by atoms with E-state index in [1.807, 2.05) is 49.4 Å². The second kappa shape index (κ2) is 6.10. The fourth-order valence-corrected chi connectivity index (χ4v) is 2.23. The van der Waals surface area contributed by atoms with E-state index in [1.54, 1.807) is 6.07 Å². The van der Waals surface area contributed by atoms with Crippen molar-refractivity contribution in [3.05, 3.63) is 21.3 Å². The lowest BCUT2D eigenvalue weighted by Crippen LogP contribution is -2.43. The highest BCUT2D eigenvalue weighted by Crippen LogP contribution is 2.29. The molecular formula is C13H16IN3O2. The largest absolute Gasteiger partial charge is 0.480 e. The van der Waals surface area contributed by atoms with Gasteiger partial charge in [0.05, 0.1) is 20.9 Å². The van der Waals surface area contributed by atoms with Crippen molar-refractivity contribution in [3.63, 3.8) is 0 Å². The first-order valence-corrected chi connectivity index (χ1v) is 6.74. The predicted molar refractivity (Wildman–Crippen MR) is 81.7 cm³/mol. The van der Waals surface area contributed by atoms with Gasteiger partial charge in [-0.3, -0.25) is 4.79 Å². The number of hydrogen-bond acceptors (Lipinski definition) is 4. The molecule has 0 radical (unpaired) electrons. The quantitative estimate of drug-likeness (QED) is 0.627. The van der Waals surface area contributed by atoms with Crippen LogP contribution in [0.15, 0.2) is 12.1 Å². The van der Waals surface area contributed by atoms with Crippen molar-refractivity contribution < 1.29 is 9.53 Å². The summed E-state index contributed by atoms with van der Waals surface area (Å²) in [5.41, 5.74) is 6.32. The zero-order valence-electron chi connectivity index (χ0n) is 11.1. The molecule has 0 aromatic heterocycles. The molecule has 0 spiro atoms. The maximum atomic E-state index is 11.6. The Morgan fingerprint density at radius 2 is 2.16 bits per heavy atom. The van der Waals surface area contributed by atoms with Crippen molar-refractivity contribution in [3.8, 4) is 11.8 Å². The number of carbonyl (C=O) groups is 1. The molecule has 0 aliphatic carbocycles. The van der Waals surface area contributed by atoms with Gasteiger partial charge in [0.2, 0.25) is 0 Å². The maximum Gasteiger partial charge on any atom is 0.258 e. The van der Waals surface area contributed by atoms with Gasteiger partial charge in [-0.05, 0) is 55.5 Å². The molecule has 0 saturated carbocycles. The molecule has 0 heterocycles. The fraction of sp³-hybridized carbons (Fsp3) is 0.385. The zero-order chi connectivity index (χ0) is 14.6. The summed E-state index contributed by atoms with van der Waals surface area (Å²) in [5.74, 6) is 0.218. The predicted octanol–water partition coefficient (Wildman–Crippen LogP) is 2.04. The van der Waals surface area contributed by atoms with E-state index in [2.05, 4.69) is 5.32 Å². The van der Waals surface area contributed by atoms with Crippen LogP contribution >= 0.6 is 22.6 Å². The molecule has 0 atom stereocenters. The number of anilines is 1. The van der Waals surface area contributed by atoms with E-state index in [0.29, 0.717) is 20.6 Å². The van der Waals surface area contributed by atoms with Crippen LogP contribution in [0, 0.1) is 14.9 Å². The third-order valence-corrected chi connectivity index (χ3v) is 2.86. The Balaban J connectivity index is 2.74. The Kier molecular flexibility index (Phi) is 5.00. The number of amides is 1. The molecule has 0 fully saturated rings. The molecule has 1 aromatic carbocycles. The van der Waals surface area contributed by atoms with Gasteiger partial charge in [0.1, 0.15) is 0 Å². The lowest BCUT2D eigenvalue weighted by atomic mass is 10.1. The third-order valence-electron chi connectivity index (χ3n) is 2.06. The van der Waals surface area contributed by atoms with Gasteiger partial charge in [-0.1, -0.05) is 0 Å². The minimum atomic E-state index is -0.302. The lowest BCUT2D eigenvalue weighted by molar-refractivity contribution is -0.124. The maximum absolute atomic E-state index is 11.6. The topological polar surface area (TPSA) is 88.1 Å². The first-order chi connectivity index (χ1) is 8.73. The Labute approximate surface area is 126 Å². The minimum absolute atomic E-state index is 0.108. The first kappa shape index (κ1) is 15.6. The van der Waals surface area contributed by atoms with Gasteiger partial charge in [-0.15, -0.1) is 0 Å². The highest BCUT2D eigenvalue weighted by molar-refractivity contribution is 14.1. The van der Waals surface area contributed by atoms with Crippen molar-refractivity contribution in [2.75, 3.05) is 12.3 Å². The summed E-state index contributed by atoms with van der Waals surface area (Å²) in [7, 11) is 0. The molecule has 1 rings (SSSR count). The zero-order valence-corrected chi connectivity index (χ0v) is 13.2. The molecule has 1 aromatic rings. The van der Waals surface area contributed by atoms with E-state index >= 15 is 0 Å². The Bertz CT molecular complexity index is 507. The molecule has 6 heteroatoms. The molecule has 19 heavy (non-hydrogen) atoms. The molecule has 0 aliphatic rings. The number of nitriles is 1. The molecule has 0 aliphatic heterocycles. The van der Waals surface area contributed by atoms with E-state index in [9.17, 15) is 4.79 Å². The number of carbonyl (C=O) groups excluding carboxylic acids is 1. The van der Waals surface area contributed by atoms with Crippen LogP contribution in [0.5, 0.6) is 5.75 Å². The van der Waals surface area contributed by atoms with Crippen LogP contribution in [-0.4, -0.2) is 18.1 Å². The van der Waals surface area contributed by atoms with Crippen molar-refractivity contribution >= 4 is 34.2 Å². The molecule has 0 unspecified atom stereocenters. The smallest absolute Gasteiger partial charge is 0.258 e. The standard InChI is InChI=1S/C13H16IN3O2/c1-13(2,3)17-11(18)7-19-12-9(14)4-8(6-15)5-10(12)16/h4-5H,7,16H2,1-3H3,(H,17,18). The summed E-state index contributed by atoms with van der Waals surface area (Å²) in [6.07, 6.45) is 0. The molecular weight excluding hydrogens is 357 g/mol. The number of hydrogen-bond donors (Lipinski definition) is 2. The Hall–Kier alpha value is -1.49. The number of nitrogens with two attached hydrogens (primary N) is 1. The van der Waals surface area contributed by atoms with Crippen molar-refractivity contribution in [1.29, 1.82) is 5.26 Å². The van der Waals surface area contributed by atoms with Gasteiger partial charge in [-0.2, -0.15) is 5.26 Å². The summed E-state index contributed by atoms with van der Waals surface area (Å²) in [6, 6.07) is 5.20. The van der Waals surface area contributed by atoms with Gasteiger partial charge in [-0.25, -0.2) is 0 Å². The second-order valence-electron chi connectivity index (χ2n) is 5.08. The number of nitrogens with one attached hydrogen (secondary N) is 1. The summed E-state index contributed by atoms with van der Waals surface area (Å²) >= 11 is 2.02. The van der Waals surface area contributed by atoms with Gasteiger partial charge in [0, 0.05) is 5.54 Å². The van der Waals surface area contributed by atoms with Crippen LogP contribution in [0.2, 0.25) is 0 Å². The average Bonchev–Trinajstić information content (AvgIpc) is 2.25. The van der Waals surface area contributed by atoms with Crippen molar-refractivity contribution in [1.82, 2.24) is 5.32 Å². The molecule has 0 saturated heterocycles. The number of ether oxygens (including phenoxy) is 1. The van der Waals surface area contributed by atoms with E-state index in [4.69, 9.17) is 15.7 Å². The fourth-order valence-electron chi connectivity index (χ4n) is 1.42. The van der Waals surface area contributed by atoms with Gasteiger partial charge < -0.3 is 15.8 Å². The Morgan fingerprint density at radius 1 is 1.53 bits per heavy atom. The van der Waals surface area contributed by atoms with Crippen molar-refractivity contribution in [2.24, 2.45) is 0 Å². The summed E-state index contributed by atoms with van der Waals surface area (Å²) in [5, 5.41) is 11.6. The number of rotatable bonds is 3. The summed E-state index contributed by atoms with van der Waals surface area (Å²) in [4.78, 5) is 11.6. The van der Waals surface area contributed by atoms with Crippen LogP contribution in [-0.2, 0) is 4.79 Å². The Morgan fingerprint density at radius 3 is 2.63 bits per heavy atom. The van der Waals surface area contributed by atoms with Gasteiger partial charge in [0.15, 0.2) is 12.4 Å². The number of nitrogen functional groups attached to an aromatic ring is 1. The first-order valence-electron chi connectivity index (χ1n) is 5.66. The van der Waals surface area contributed by atoms with Crippen LogP contribution in [0.25, 0.3) is 0 Å². The van der Waals surface area contributed by atoms with Crippen molar-refractivity contribution in [2.45, 2.75) is 26.3 Å². The molecule has 102 valence electrons. The molecule has 5 nitrogen and oxygen atoms in total. The number of benzene rings is 1. The minimum Gasteiger partial charge on any atom is -0.480 e. The van der Waals surface area contributed by atoms with Crippen LogP contribution < -0.4 is 15.8 Å².